The number of carbonyl (C=O) groups excluding carboxylic acids is 2. The van der Waals surface area contributed by atoms with Crippen LogP contribution in [0, 0.1) is 0 Å². The van der Waals surface area contributed by atoms with Crippen LogP contribution in [-0.4, -0.2) is 21.8 Å². The molecule has 0 radical (unpaired) electrons. The zero-order valence-corrected chi connectivity index (χ0v) is 17.3. The summed E-state index contributed by atoms with van der Waals surface area (Å²) in [7, 11) is 0. The molecule has 1 aromatic heterocycles. The van der Waals surface area contributed by atoms with Crippen LogP contribution in [0.5, 0.6) is 0 Å². The van der Waals surface area contributed by atoms with Crippen LogP contribution in [0.15, 0.2) is 75.9 Å². The van der Waals surface area contributed by atoms with E-state index in [0.29, 0.717) is 21.3 Å². The number of anilines is 1. The van der Waals surface area contributed by atoms with Crippen LogP contribution in [0.1, 0.15) is 22.0 Å². The van der Waals surface area contributed by atoms with E-state index in [1.807, 2.05) is 0 Å². The second-order valence-corrected chi connectivity index (χ2v) is 8.27. The summed E-state index contributed by atoms with van der Waals surface area (Å²) in [6.07, 6.45) is 1.57. The molecule has 1 atom stereocenters. The van der Waals surface area contributed by atoms with Gasteiger partial charge in [-0.05, 0) is 42.0 Å². The number of hydrogen-bond donors (Lipinski definition) is 1. The molecular formula is C20H12BrClN2O3S. The first-order chi connectivity index (χ1) is 13.5. The van der Waals surface area contributed by atoms with E-state index in [1.165, 1.54) is 16.2 Å². The van der Waals surface area contributed by atoms with E-state index in [2.05, 4.69) is 20.9 Å². The number of thiazole rings is 1. The average molecular weight is 476 g/mol. The van der Waals surface area contributed by atoms with Gasteiger partial charge in [0.2, 0.25) is 0 Å². The van der Waals surface area contributed by atoms with E-state index in [4.69, 9.17) is 11.6 Å². The van der Waals surface area contributed by atoms with E-state index in [-0.39, 0.29) is 5.57 Å². The highest BCUT2D eigenvalue weighted by molar-refractivity contribution is 9.10. The summed E-state index contributed by atoms with van der Waals surface area (Å²) in [5, 5.41) is 13.3. The van der Waals surface area contributed by atoms with Crippen LogP contribution < -0.4 is 4.90 Å². The van der Waals surface area contributed by atoms with Crippen LogP contribution in [0.3, 0.4) is 0 Å². The van der Waals surface area contributed by atoms with Gasteiger partial charge in [-0.1, -0.05) is 39.7 Å². The molecule has 0 aliphatic carbocycles. The lowest BCUT2D eigenvalue weighted by atomic mass is 9.93. The van der Waals surface area contributed by atoms with Crippen molar-refractivity contribution in [2.75, 3.05) is 4.90 Å². The third-order valence-electron chi connectivity index (χ3n) is 4.37. The summed E-state index contributed by atoms with van der Waals surface area (Å²) in [5.74, 6) is -1.64. The third kappa shape index (κ3) is 3.26. The number of hydrogen-bond acceptors (Lipinski definition) is 5. The molecule has 0 saturated carbocycles. The first-order valence-corrected chi connectivity index (χ1v) is 10.2. The minimum absolute atomic E-state index is 0.0184. The number of aliphatic hydroxyl groups is 1. The largest absolute Gasteiger partial charge is 0.503 e. The number of carbonyl (C=O) groups is 2. The Kier molecular flexibility index (Phi) is 5.05. The molecule has 0 saturated heterocycles. The Hall–Kier alpha value is -2.48. The van der Waals surface area contributed by atoms with Crippen molar-refractivity contribution >= 4 is 55.7 Å². The maximum absolute atomic E-state index is 13.2. The number of aromatic nitrogens is 1. The average Bonchev–Trinajstić information content (AvgIpc) is 3.30. The number of nitrogens with zero attached hydrogens (tertiary/aromatic N) is 2. The summed E-state index contributed by atoms with van der Waals surface area (Å²) < 4.78 is 0.823. The van der Waals surface area contributed by atoms with E-state index >= 15 is 0 Å². The van der Waals surface area contributed by atoms with Crippen LogP contribution in [0.2, 0.25) is 5.02 Å². The number of ketones is 1. The summed E-state index contributed by atoms with van der Waals surface area (Å²) >= 11 is 10.6. The van der Waals surface area contributed by atoms with E-state index in [1.54, 1.807) is 60.1 Å². The fourth-order valence-corrected chi connectivity index (χ4v) is 4.14. The molecule has 5 nitrogen and oxygen atoms in total. The molecule has 2 heterocycles. The van der Waals surface area contributed by atoms with Crippen molar-refractivity contribution in [3.05, 3.63) is 92.1 Å². The molecular weight excluding hydrogens is 464 g/mol. The maximum Gasteiger partial charge on any atom is 0.296 e. The van der Waals surface area contributed by atoms with Crippen molar-refractivity contribution in [3.63, 3.8) is 0 Å². The number of Topliss-reactive ketones (excluding diaryl/α,β-unsaturated/α-hetero) is 1. The molecule has 0 bridgehead atoms. The Morgan fingerprint density at radius 1 is 1.14 bits per heavy atom. The van der Waals surface area contributed by atoms with Gasteiger partial charge in [0.25, 0.3) is 5.91 Å². The van der Waals surface area contributed by atoms with Crippen molar-refractivity contribution < 1.29 is 14.7 Å². The fourth-order valence-electron chi connectivity index (χ4n) is 3.09. The van der Waals surface area contributed by atoms with Crippen LogP contribution >= 0.6 is 38.9 Å². The Balaban J connectivity index is 1.86. The predicted octanol–water partition coefficient (Wildman–Crippen LogP) is 5.34. The molecule has 3 aromatic rings. The Labute approximate surface area is 178 Å². The van der Waals surface area contributed by atoms with Gasteiger partial charge < -0.3 is 5.11 Å². The van der Waals surface area contributed by atoms with Gasteiger partial charge in [0.1, 0.15) is 0 Å². The number of benzene rings is 2. The zero-order chi connectivity index (χ0) is 19.8. The first kappa shape index (κ1) is 18.9. The topological polar surface area (TPSA) is 70.5 Å². The fraction of sp³-hybridized carbons (Fsp3) is 0.0500. The standard InChI is InChI=1S/C20H12BrClN2O3S/c21-13-5-1-12(2-6-13)17(25)15-16(11-3-7-14(22)8-4-11)24(19(27)18(15)26)20-23-9-10-28-20/h1-10,16,26H. The van der Waals surface area contributed by atoms with Crippen LogP contribution in [0.25, 0.3) is 0 Å². The normalized spacial score (nSPS) is 16.7. The smallest absolute Gasteiger partial charge is 0.296 e. The van der Waals surface area contributed by atoms with E-state index in [9.17, 15) is 14.7 Å². The van der Waals surface area contributed by atoms with E-state index < -0.39 is 23.5 Å². The molecule has 0 spiro atoms. The quantitative estimate of drug-likeness (QED) is 0.517. The molecule has 8 heteroatoms. The molecule has 2 aromatic carbocycles. The number of halogens is 2. The molecule has 1 aliphatic rings. The highest BCUT2D eigenvalue weighted by atomic mass is 79.9. The van der Waals surface area contributed by atoms with Crippen molar-refractivity contribution in [1.29, 1.82) is 0 Å². The molecule has 28 heavy (non-hydrogen) atoms. The van der Waals surface area contributed by atoms with Gasteiger partial charge >= 0.3 is 0 Å². The van der Waals surface area contributed by atoms with Crippen molar-refractivity contribution in [2.24, 2.45) is 0 Å². The Bertz CT molecular complexity index is 1080. The van der Waals surface area contributed by atoms with Crippen LogP contribution in [0.4, 0.5) is 5.13 Å². The second kappa shape index (κ2) is 7.50. The van der Waals surface area contributed by atoms with Gasteiger partial charge in [0.15, 0.2) is 16.7 Å². The predicted molar refractivity (Wildman–Crippen MR) is 112 cm³/mol. The van der Waals surface area contributed by atoms with Gasteiger partial charge in [-0.15, -0.1) is 11.3 Å². The minimum Gasteiger partial charge on any atom is -0.503 e. The Morgan fingerprint density at radius 3 is 2.43 bits per heavy atom. The van der Waals surface area contributed by atoms with Gasteiger partial charge in [0, 0.05) is 26.6 Å². The first-order valence-electron chi connectivity index (χ1n) is 8.19. The highest BCUT2D eigenvalue weighted by Gasteiger charge is 2.45. The highest BCUT2D eigenvalue weighted by Crippen LogP contribution is 2.42. The number of aliphatic hydroxyl groups excluding tert-OH is 1. The van der Waals surface area contributed by atoms with Crippen molar-refractivity contribution in [1.82, 2.24) is 4.98 Å². The Morgan fingerprint density at radius 2 is 1.82 bits per heavy atom. The second-order valence-electron chi connectivity index (χ2n) is 6.04. The van der Waals surface area contributed by atoms with Gasteiger partial charge in [-0.3, -0.25) is 14.5 Å². The van der Waals surface area contributed by atoms with Crippen molar-refractivity contribution in [3.8, 4) is 0 Å². The molecule has 1 N–H and O–H groups in total. The summed E-state index contributed by atoms with van der Waals surface area (Å²) in [6.45, 7) is 0. The monoisotopic (exact) mass is 474 g/mol. The lowest BCUT2D eigenvalue weighted by Gasteiger charge is -2.24. The van der Waals surface area contributed by atoms with Gasteiger partial charge in [-0.2, -0.15) is 0 Å². The summed E-state index contributed by atoms with van der Waals surface area (Å²) in [6, 6.07) is 12.8. The molecule has 1 amide bonds. The molecule has 4 rings (SSSR count). The zero-order valence-electron chi connectivity index (χ0n) is 14.2. The maximum atomic E-state index is 13.2. The third-order valence-corrected chi connectivity index (χ3v) is 5.92. The molecule has 1 aliphatic heterocycles. The summed E-state index contributed by atoms with van der Waals surface area (Å²) in [4.78, 5) is 31.6. The molecule has 140 valence electrons. The van der Waals surface area contributed by atoms with Crippen LogP contribution in [-0.2, 0) is 4.79 Å². The number of rotatable bonds is 4. The van der Waals surface area contributed by atoms with E-state index in [0.717, 1.165) is 4.47 Å². The van der Waals surface area contributed by atoms with Crippen molar-refractivity contribution in [2.45, 2.75) is 6.04 Å². The summed E-state index contributed by atoms with van der Waals surface area (Å²) in [5.41, 5.74) is 1.04. The minimum atomic E-state index is -0.799. The SMILES string of the molecule is O=C(C1=C(O)C(=O)N(c2nccs2)C1c1ccc(Cl)cc1)c1ccc(Br)cc1. The lowest BCUT2D eigenvalue weighted by Crippen LogP contribution is -2.30. The molecule has 0 fully saturated rings. The number of amides is 1. The van der Waals surface area contributed by atoms with Gasteiger partial charge in [-0.25, -0.2) is 4.98 Å². The van der Waals surface area contributed by atoms with Gasteiger partial charge in [0.05, 0.1) is 11.6 Å². The molecule has 1 unspecified atom stereocenters. The lowest BCUT2D eigenvalue weighted by molar-refractivity contribution is -0.117.